The largest absolute Gasteiger partial charge is 0.464 e. The topological polar surface area (TPSA) is 54.3 Å². The number of alkyl halides is 3. The summed E-state index contributed by atoms with van der Waals surface area (Å²) < 4.78 is 46.0. The molecule has 0 saturated carbocycles. The van der Waals surface area contributed by atoms with Crippen LogP contribution < -0.4 is 5.01 Å². The molecule has 5 nitrogen and oxygen atoms in total. The molecule has 28 heavy (non-hydrogen) atoms. The van der Waals surface area contributed by atoms with Gasteiger partial charge in [0.2, 0.25) is 5.54 Å². The van der Waals surface area contributed by atoms with Crippen molar-refractivity contribution < 1.29 is 22.7 Å². The molecule has 0 N–H and O–H groups in total. The van der Waals surface area contributed by atoms with Crippen molar-refractivity contribution in [2.45, 2.75) is 38.0 Å². The number of anilines is 1. The van der Waals surface area contributed by atoms with Gasteiger partial charge in [-0.1, -0.05) is 35.6 Å². The van der Waals surface area contributed by atoms with Crippen LogP contribution in [0.4, 0.5) is 18.9 Å². The highest BCUT2D eigenvalue weighted by molar-refractivity contribution is 5.84. The molecule has 0 fully saturated rings. The first-order valence-electron chi connectivity index (χ1n) is 8.93. The van der Waals surface area contributed by atoms with Crippen molar-refractivity contribution in [1.29, 1.82) is 0 Å². The van der Waals surface area contributed by atoms with Gasteiger partial charge in [-0.15, -0.1) is 0 Å². The van der Waals surface area contributed by atoms with Gasteiger partial charge < -0.3 is 4.74 Å². The zero-order valence-electron chi connectivity index (χ0n) is 15.3. The lowest BCUT2D eigenvalue weighted by Gasteiger charge is -2.31. The molecule has 8 heteroatoms. The number of fused-ring (bicyclic) bond motifs is 3. The molecule has 2 aliphatic rings. The van der Waals surface area contributed by atoms with Crippen molar-refractivity contribution in [3.63, 3.8) is 0 Å². The summed E-state index contributed by atoms with van der Waals surface area (Å²) >= 11 is 0. The van der Waals surface area contributed by atoms with Crippen molar-refractivity contribution in [2.24, 2.45) is 10.3 Å². The van der Waals surface area contributed by atoms with Crippen molar-refractivity contribution in [3.05, 3.63) is 53.6 Å². The van der Waals surface area contributed by atoms with Crippen LogP contribution >= 0.6 is 0 Å². The van der Waals surface area contributed by atoms with Crippen LogP contribution in [0, 0.1) is 0 Å². The van der Waals surface area contributed by atoms with E-state index in [1.165, 1.54) is 0 Å². The Morgan fingerprint density at radius 1 is 1.21 bits per heavy atom. The van der Waals surface area contributed by atoms with Gasteiger partial charge in [0.1, 0.15) is 0 Å². The lowest BCUT2D eigenvalue weighted by molar-refractivity contribution is -0.190. The minimum atomic E-state index is -4.75. The lowest BCUT2D eigenvalue weighted by Crippen LogP contribution is -2.57. The Balaban J connectivity index is 1.74. The molecular weight excluding hydrogens is 371 g/mol. The molecule has 1 heterocycles. The molecule has 0 radical (unpaired) electrons. The van der Waals surface area contributed by atoms with Gasteiger partial charge in [0, 0.05) is 0 Å². The summed E-state index contributed by atoms with van der Waals surface area (Å²) in [6.45, 7) is 2.38. The summed E-state index contributed by atoms with van der Waals surface area (Å²) in [6.07, 6.45) is -4.08. The van der Waals surface area contributed by atoms with Crippen molar-refractivity contribution in [1.82, 2.24) is 0 Å². The fraction of sp³-hybridized carbons (Fsp3) is 0.350. The lowest BCUT2D eigenvalue weighted by atomic mass is 9.92. The number of nitrogens with zero attached hydrogens (tertiary/aromatic N) is 3. The third-order valence-corrected chi connectivity index (χ3v) is 5.25. The highest BCUT2D eigenvalue weighted by Crippen LogP contribution is 2.45. The third kappa shape index (κ3) is 2.66. The molecule has 0 amide bonds. The predicted molar refractivity (Wildman–Crippen MR) is 96.9 cm³/mol. The second-order valence-corrected chi connectivity index (χ2v) is 7.01. The predicted octanol–water partition coefficient (Wildman–Crippen LogP) is 4.70. The van der Waals surface area contributed by atoms with Crippen molar-refractivity contribution >= 4 is 11.7 Å². The average molecular weight is 389 g/mol. The standard InChI is InChI=1S/C20H18F3N3O2/c1-3-28-18(27)17-19(2,20(21,22)23)24-25-26(17)14-8-9-16-13(11-14)10-12-6-4-5-7-15(12)16/h4-9,11,17H,3,10H2,1-2H3/t17-,19+/m0/s1. The van der Waals surface area contributed by atoms with Crippen LogP contribution in [-0.2, 0) is 16.0 Å². The minimum absolute atomic E-state index is 0.0311. The van der Waals surface area contributed by atoms with E-state index in [-0.39, 0.29) is 6.61 Å². The molecule has 4 rings (SSSR count). The highest BCUT2D eigenvalue weighted by atomic mass is 19.4. The maximum absolute atomic E-state index is 13.7. The first-order chi connectivity index (χ1) is 13.3. The number of rotatable bonds is 3. The Hall–Kier alpha value is -2.90. The molecule has 0 spiro atoms. The van der Waals surface area contributed by atoms with Crippen molar-refractivity contribution in [3.8, 4) is 11.1 Å². The van der Waals surface area contributed by atoms with Gasteiger partial charge in [-0.25, -0.2) is 9.80 Å². The summed E-state index contributed by atoms with van der Waals surface area (Å²) in [5.41, 5.74) is 1.95. The Bertz CT molecular complexity index is 973. The van der Waals surface area contributed by atoms with E-state index in [0.29, 0.717) is 12.1 Å². The van der Waals surface area contributed by atoms with E-state index in [1.54, 1.807) is 19.1 Å². The molecule has 2 aromatic rings. The van der Waals surface area contributed by atoms with Crippen LogP contribution in [0.1, 0.15) is 25.0 Å². The average Bonchev–Trinajstić information content (AvgIpc) is 3.19. The van der Waals surface area contributed by atoms with E-state index in [4.69, 9.17) is 4.74 Å². The van der Waals surface area contributed by atoms with E-state index in [0.717, 1.165) is 34.2 Å². The Morgan fingerprint density at radius 3 is 2.64 bits per heavy atom. The van der Waals surface area contributed by atoms with E-state index < -0.39 is 23.7 Å². The van der Waals surface area contributed by atoms with E-state index in [1.807, 2.05) is 30.3 Å². The smallest absolute Gasteiger partial charge is 0.417 e. The zero-order valence-corrected chi connectivity index (χ0v) is 15.3. The fourth-order valence-electron chi connectivity index (χ4n) is 3.72. The van der Waals surface area contributed by atoms with Gasteiger partial charge in [-0.05, 0) is 54.7 Å². The quantitative estimate of drug-likeness (QED) is 0.611. The summed E-state index contributed by atoms with van der Waals surface area (Å²) in [5.74, 6) is -1.00. The fourth-order valence-corrected chi connectivity index (χ4v) is 3.72. The molecule has 0 saturated heterocycles. The highest BCUT2D eigenvalue weighted by Gasteiger charge is 2.65. The van der Waals surface area contributed by atoms with Crippen molar-refractivity contribution in [2.75, 3.05) is 11.6 Å². The monoisotopic (exact) mass is 389 g/mol. The number of hydrogen-bond donors (Lipinski definition) is 0. The maximum Gasteiger partial charge on any atom is 0.417 e. The SMILES string of the molecule is CCOC(=O)[C@@H]1N(c2ccc3c(c2)Cc2ccccc2-3)N=N[C@@]1(C)C(F)(F)F. The molecule has 1 aliphatic heterocycles. The summed E-state index contributed by atoms with van der Waals surface area (Å²) in [4.78, 5) is 12.4. The number of esters is 1. The van der Waals surface area contributed by atoms with Gasteiger partial charge in [0.25, 0.3) is 0 Å². The first kappa shape index (κ1) is 18.5. The van der Waals surface area contributed by atoms with Crippen LogP contribution in [-0.4, -0.2) is 30.3 Å². The summed E-state index contributed by atoms with van der Waals surface area (Å²) in [7, 11) is 0. The zero-order chi connectivity index (χ0) is 20.1. The molecule has 146 valence electrons. The molecule has 0 unspecified atom stereocenters. The number of hydrogen-bond acceptors (Lipinski definition) is 5. The van der Waals surface area contributed by atoms with Crippen LogP contribution in [0.3, 0.4) is 0 Å². The van der Waals surface area contributed by atoms with Crippen LogP contribution in [0.15, 0.2) is 52.8 Å². The van der Waals surface area contributed by atoms with Gasteiger partial charge in [0.15, 0.2) is 6.04 Å². The Kier molecular flexibility index (Phi) is 4.17. The second-order valence-electron chi connectivity index (χ2n) is 7.01. The number of carbonyl (C=O) groups is 1. The number of halogens is 3. The second kappa shape index (κ2) is 6.32. The Labute approximate surface area is 159 Å². The summed E-state index contributed by atoms with van der Waals surface area (Å²) in [6, 6.07) is 11.5. The van der Waals surface area contributed by atoms with Crippen LogP contribution in [0.25, 0.3) is 11.1 Å². The van der Waals surface area contributed by atoms with E-state index >= 15 is 0 Å². The molecule has 2 aromatic carbocycles. The molecular formula is C20H18F3N3O2. The molecule has 0 bridgehead atoms. The molecule has 2 atom stereocenters. The van der Waals surface area contributed by atoms with Gasteiger partial charge in [-0.3, -0.25) is 0 Å². The van der Waals surface area contributed by atoms with Crippen LogP contribution in [0.2, 0.25) is 0 Å². The summed E-state index contributed by atoms with van der Waals surface area (Å²) in [5, 5.41) is 8.18. The number of benzene rings is 2. The Morgan fingerprint density at radius 2 is 1.93 bits per heavy atom. The third-order valence-electron chi connectivity index (χ3n) is 5.25. The number of ether oxygens (including phenoxy) is 1. The number of carbonyl (C=O) groups excluding carboxylic acids is 1. The first-order valence-corrected chi connectivity index (χ1v) is 8.93. The van der Waals surface area contributed by atoms with Gasteiger partial charge in [0.05, 0.1) is 12.3 Å². The van der Waals surface area contributed by atoms with Gasteiger partial charge >= 0.3 is 12.1 Å². The van der Waals surface area contributed by atoms with Gasteiger partial charge in [-0.2, -0.15) is 18.3 Å². The minimum Gasteiger partial charge on any atom is -0.464 e. The van der Waals surface area contributed by atoms with Crippen LogP contribution in [0.5, 0.6) is 0 Å². The molecule has 1 aliphatic carbocycles. The van der Waals surface area contributed by atoms with E-state index in [9.17, 15) is 18.0 Å². The van der Waals surface area contributed by atoms with E-state index in [2.05, 4.69) is 10.3 Å². The normalized spacial score (nSPS) is 22.9. The maximum atomic E-state index is 13.7. The molecule has 0 aromatic heterocycles.